The van der Waals surface area contributed by atoms with Crippen LogP contribution < -0.4 is 5.32 Å². The summed E-state index contributed by atoms with van der Waals surface area (Å²) in [4.78, 5) is 22.6. The maximum Gasteiger partial charge on any atom is 0.339 e. The Balaban J connectivity index is 2.01. The van der Waals surface area contributed by atoms with Crippen LogP contribution in [0.4, 0.5) is 5.82 Å². The predicted octanol–water partition coefficient (Wildman–Crippen LogP) is 1.38. The lowest BCUT2D eigenvalue weighted by Crippen LogP contribution is -2.16. The summed E-state index contributed by atoms with van der Waals surface area (Å²) in [5.41, 5.74) is -0.00534. The topological polar surface area (TPSA) is 97.4 Å². The smallest absolute Gasteiger partial charge is 0.339 e. The van der Waals surface area contributed by atoms with Gasteiger partial charge in [-0.1, -0.05) is 0 Å². The number of carbonyl (C=O) groups excluding carboxylic acids is 1. The molecule has 2 aromatic heterocycles. The van der Waals surface area contributed by atoms with Gasteiger partial charge in [-0.3, -0.25) is 9.48 Å². The number of furan rings is 1. The average Bonchev–Trinajstić information content (AvgIpc) is 2.97. The van der Waals surface area contributed by atoms with Crippen molar-refractivity contribution in [1.29, 1.82) is 0 Å². The summed E-state index contributed by atoms with van der Waals surface area (Å²) in [5, 5.41) is 15.6. The number of amides is 1. The van der Waals surface area contributed by atoms with Gasteiger partial charge in [0, 0.05) is 18.8 Å². The van der Waals surface area contributed by atoms with Crippen molar-refractivity contribution >= 4 is 17.7 Å². The van der Waals surface area contributed by atoms with Crippen molar-refractivity contribution in [1.82, 2.24) is 9.78 Å². The van der Waals surface area contributed by atoms with Crippen molar-refractivity contribution in [3.63, 3.8) is 0 Å². The SMILES string of the molecule is CCn1ccc(NC(=O)Cc2occc2C(=O)O)n1. The lowest BCUT2D eigenvalue weighted by atomic mass is 10.2. The van der Waals surface area contributed by atoms with Gasteiger partial charge in [0.25, 0.3) is 0 Å². The molecule has 0 saturated carbocycles. The summed E-state index contributed by atoms with van der Waals surface area (Å²) >= 11 is 0. The molecular weight excluding hydrogens is 250 g/mol. The van der Waals surface area contributed by atoms with Crippen molar-refractivity contribution in [2.24, 2.45) is 0 Å². The highest BCUT2D eigenvalue weighted by Gasteiger charge is 2.16. The van der Waals surface area contributed by atoms with Crippen LogP contribution in [0.1, 0.15) is 23.0 Å². The molecule has 100 valence electrons. The minimum Gasteiger partial charge on any atom is -0.478 e. The number of aromatic nitrogens is 2. The van der Waals surface area contributed by atoms with Crippen LogP contribution in [-0.4, -0.2) is 26.8 Å². The number of carboxylic acids is 1. The maximum absolute atomic E-state index is 11.7. The fourth-order valence-electron chi connectivity index (χ4n) is 1.61. The van der Waals surface area contributed by atoms with Crippen LogP contribution in [-0.2, 0) is 17.8 Å². The minimum absolute atomic E-state index is 0.00534. The van der Waals surface area contributed by atoms with Gasteiger partial charge in [-0.05, 0) is 13.0 Å². The van der Waals surface area contributed by atoms with Gasteiger partial charge in [0.15, 0.2) is 5.82 Å². The molecule has 0 aliphatic carbocycles. The van der Waals surface area contributed by atoms with Gasteiger partial charge in [0.2, 0.25) is 5.91 Å². The van der Waals surface area contributed by atoms with E-state index in [0.717, 1.165) is 0 Å². The Morgan fingerprint density at radius 3 is 2.89 bits per heavy atom. The van der Waals surface area contributed by atoms with Crippen molar-refractivity contribution < 1.29 is 19.1 Å². The number of aromatic carboxylic acids is 1. The second-order valence-electron chi connectivity index (χ2n) is 3.84. The van der Waals surface area contributed by atoms with E-state index in [1.54, 1.807) is 16.9 Å². The van der Waals surface area contributed by atoms with Gasteiger partial charge in [-0.25, -0.2) is 4.79 Å². The number of rotatable bonds is 5. The van der Waals surface area contributed by atoms with Gasteiger partial charge < -0.3 is 14.8 Å². The van der Waals surface area contributed by atoms with Gasteiger partial charge in [-0.2, -0.15) is 5.10 Å². The summed E-state index contributed by atoms with van der Waals surface area (Å²) in [7, 11) is 0. The third kappa shape index (κ3) is 3.01. The zero-order valence-electron chi connectivity index (χ0n) is 10.3. The first-order valence-electron chi connectivity index (χ1n) is 5.73. The van der Waals surface area contributed by atoms with Crippen LogP contribution in [0.5, 0.6) is 0 Å². The number of carbonyl (C=O) groups is 2. The first-order chi connectivity index (χ1) is 9.10. The van der Waals surface area contributed by atoms with E-state index in [2.05, 4.69) is 10.4 Å². The summed E-state index contributed by atoms with van der Waals surface area (Å²) in [6, 6.07) is 2.98. The van der Waals surface area contributed by atoms with Crippen LogP contribution in [0.15, 0.2) is 29.0 Å². The zero-order valence-corrected chi connectivity index (χ0v) is 10.3. The van der Waals surface area contributed by atoms with Crippen molar-refractivity contribution in [3.05, 3.63) is 35.9 Å². The molecule has 7 nitrogen and oxygen atoms in total. The molecule has 1 amide bonds. The molecule has 2 rings (SSSR count). The molecule has 0 spiro atoms. The van der Waals surface area contributed by atoms with Crippen LogP contribution >= 0.6 is 0 Å². The summed E-state index contributed by atoms with van der Waals surface area (Å²) in [5.74, 6) is -0.944. The Kier molecular flexibility index (Phi) is 3.65. The van der Waals surface area contributed by atoms with E-state index in [1.807, 2.05) is 6.92 Å². The van der Waals surface area contributed by atoms with Gasteiger partial charge in [0.05, 0.1) is 12.7 Å². The van der Waals surface area contributed by atoms with E-state index in [4.69, 9.17) is 9.52 Å². The largest absolute Gasteiger partial charge is 0.478 e. The quantitative estimate of drug-likeness (QED) is 0.849. The maximum atomic E-state index is 11.7. The second kappa shape index (κ2) is 5.38. The van der Waals surface area contributed by atoms with E-state index in [0.29, 0.717) is 12.4 Å². The molecule has 0 bridgehead atoms. The van der Waals surface area contributed by atoms with Crippen LogP contribution in [0.3, 0.4) is 0 Å². The molecule has 0 unspecified atom stereocenters. The molecule has 2 aromatic rings. The molecule has 0 atom stereocenters. The highest BCUT2D eigenvalue weighted by Crippen LogP contribution is 2.12. The average molecular weight is 263 g/mol. The summed E-state index contributed by atoms with van der Waals surface area (Å²) in [6.07, 6.45) is 2.84. The number of hydrogen-bond acceptors (Lipinski definition) is 4. The monoisotopic (exact) mass is 263 g/mol. The molecule has 0 fully saturated rings. The van der Waals surface area contributed by atoms with E-state index in [1.165, 1.54) is 12.3 Å². The minimum atomic E-state index is -1.12. The fourth-order valence-corrected chi connectivity index (χ4v) is 1.61. The zero-order chi connectivity index (χ0) is 13.8. The Hall–Kier alpha value is -2.57. The van der Waals surface area contributed by atoms with Crippen molar-refractivity contribution in [2.45, 2.75) is 19.9 Å². The predicted molar refractivity (Wildman–Crippen MR) is 65.9 cm³/mol. The lowest BCUT2D eigenvalue weighted by Gasteiger charge is -2.01. The molecular formula is C12H13N3O4. The third-order valence-corrected chi connectivity index (χ3v) is 2.53. The summed E-state index contributed by atoms with van der Waals surface area (Å²) < 4.78 is 6.67. The number of nitrogens with zero attached hydrogens (tertiary/aromatic N) is 2. The highest BCUT2D eigenvalue weighted by molar-refractivity contribution is 5.94. The van der Waals surface area contributed by atoms with Crippen molar-refractivity contribution in [3.8, 4) is 0 Å². The summed E-state index contributed by atoms with van der Waals surface area (Å²) in [6.45, 7) is 2.64. The van der Waals surface area contributed by atoms with E-state index < -0.39 is 5.97 Å². The molecule has 0 radical (unpaired) electrons. The van der Waals surface area contributed by atoms with Gasteiger partial charge in [-0.15, -0.1) is 0 Å². The van der Waals surface area contributed by atoms with Crippen LogP contribution in [0, 0.1) is 0 Å². The molecule has 0 aliphatic heterocycles. The van der Waals surface area contributed by atoms with Crippen LogP contribution in [0.2, 0.25) is 0 Å². The number of hydrogen-bond donors (Lipinski definition) is 2. The Morgan fingerprint density at radius 1 is 1.47 bits per heavy atom. The number of anilines is 1. The van der Waals surface area contributed by atoms with Gasteiger partial charge in [0.1, 0.15) is 11.3 Å². The Morgan fingerprint density at radius 2 is 2.26 bits per heavy atom. The van der Waals surface area contributed by atoms with Gasteiger partial charge >= 0.3 is 5.97 Å². The number of carboxylic acid groups (broad SMARTS) is 1. The third-order valence-electron chi connectivity index (χ3n) is 2.53. The highest BCUT2D eigenvalue weighted by atomic mass is 16.4. The normalized spacial score (nSPS) is 10.4. The fraction of sp³-hybridized carbons (Fsp3) is 0.250. The Labute approximate surface area is 108 Å². The number of nitrogens with one attached hydrogen (secondary N) is 1. The molecule has 0 saturated heterocycles. The Bertz CT molecular complexity index is 600. The first kappa shape index (κ1) is 12.9. The standard InChI is InChI=1S/C12H13N3O4/c1-2-15-5-3-10(14-15)13-11(16)7-9-8(12(17)18)4-6-19-9/h3-6H,2,7H2,1H3,(H,17,18)(H,13,14,16). The molecule has 2 heterocycles. The van der Waals surface area contributed by atoms with Crippen molar-refractivity contribution in [2.75, 3.05) is 5.32 Å². The molecule has 0 aromatic carbocycles. The molecule has 2 N–H and O–H groups in total. The van der Waals surface area contributed by atoms with Crippen LogP contribution in [0.25, 0.3) is 0 Å². The number of aryl methyl sites for hydroxylation is 1. The molecule has 7 heteroatoms. The first-order valence-corrected chi connectivity index (χ1v) is 5.73. The van der Waals surface area contributed by atoms with E-state index >= 15 is 0 Å². The van der Waals surface area contributed by atoms with E-state index in [-0.39, 0.29) is 23.7 Å². The molecule has 0 aliphatic rings. The lowest BCUT2D eigenvalue weighted by molar-refractivity contribution is -0.115. The second-order valence-corrected chi connectivity index (χ2v) is 3.84. The van der Waals surface area contributed by atoms with E-state index in [9.17, 15) is 9.59 Å². The molecule has 19 heavy (non-hydrogen) atoms.